The van der Waals surface area contributed by atoms with Gasteiger partial charge in [-0.2, -0.15) is 5.10 Å². The third-order valence-electron chi connectivity index (χ3n) is 2.56. The molecule has 1 aliphatic rings. The maximum atomic E-state index is 3.96. The molecular formula is C9H15N3. The van der Waals surface area contributed by atoms with Crippen LogP contribution in [0.5, 0.6) is 0 Å². The van der Waals surface area contributed by atoms with Crippen molar-refractivity contribution in [3.05, 3.63) is 18.0 Å². The molecule has 3 nitrogen and oxygen atoms in total. The monoisotopic (exact) mass is 165 g/mol. The van der Waals surface area contributed by atoms with Crippen LogP contribution >= 0.6 is 0 Å². The number of rotatable bonds is 1. The van der Waals surface area contributed by atoms with Crippen molar-refractivity contribution >= 4 is 0 Å². The number of aromatic amines is 1. The van der Waals surface area contributed by atoms with Gasteiger partial charge in [0.15, 0.2) is 0 Å². The van der Waals surface area contributed by atoms with Gasteiger partial charge in [0, 0.05) is 12.2 Å². The van der Waals surface area contributed by atoms with E-state index in [4.69, 9.17) is 0 Å². The zero-order valence-electron chi connectivity index (χ0n) is 7.38. The molecule has 0 spiro atoms. The van der Waals surface area contributed by atoms with Crippen molar-refractivity contribution in [2.45, 2.75) is 25.8 Å². The van der Waals surface area contributed by atoms with Gasteiger partial charge in [0.1, 0.15) is 0 Å². The maximum absolute atomic E-state index is 3.96. The van der Waals surface area contributed by atoms with E-state index < -0.39 is 0 Å². The number of H-pyrrole nitrogens is 1. The van der Waals surface area contributed by atoms with Crippen molar-refractivity contribution < 1.29 is 0 Å². The average molecular weight is 165 g/mol. The lowest BCUT2D eigenvalue weighted by atomic mass is 9.93. The molecule has 1 aromatic rings. The van der Waals surface area contributed by atoms with Gasteiger partial charge in [0.05, 0.1) is 5.69 Å². The second kappa shape index (κ2) is 3.27. The second-order valence-corrected chi connectivity index (χ2v) is 3.65. The zero-order valence-corrected chi connectivity index (χ0v) is 7.38. The number of nitrogens with zero attached hydrogens (tertiary/aromatic N) is 1. The summed E-state index contributed by atoms with van der Waals surface area (Å²) in [5.74, 6) is 0.833. The highest BCUT2D eigenvalue weighted by molar-refractivity contribution is 5.05. The minimum Gasteiger partial charge on any atom is -0.309 e. The minimum absolute atomic E-state index is 0.497. The number of hydrogen-bond donors (Lipinski definition) is 2. The summed E-state index contributed by atoms with van der Waals surface area (Å²) >= 11 is 0. The number of aromatic nitrogens is 2. The predicted octanol–water partition coefficient (Wildman–Crippen LogP) is 1.47. The topological polar surface area (TPSA) is 40.7 Å². The van der Waals surface area contributed by atoms with Gasteiger partial charge < -0.3 is 5.32 Å². The molecule has 0 amide bonds. The highest BCUT2D eigenvalue weighted by atomic mass is 15.1. The highest BCUT2D eigenvalue weighted by Gasteiger charge is 2.20. The van der Waals surface area contributed by atoms with Gasteiger partial charge in [-0.05, 0) is 31.4 Å². The van der Waals surface area contributed by atoms with E-state index in [0.29, 0.717) is 6.04 Å². The molecule has 2 atom stereocenters. The molecule has 0 aromatic carbocycles. The van der Waals surface area contributed by atoms with Crippen LogP contribution in [0.2, 0.25) is 0 Å². The van der Waals surface area contributed by atoms with Crippen LogP contribution in [0.15, 0.2) is 12.3 Å². The molecule has 1 aliphatic heterocycles. The quantitative estimate of drug-likeness (QED) is 0.661. The first-order chi connectivity index (χ1) is 5.86. The van der Waals surface area contributed by atoms with Crippen LogP contribution in [0, 0.1) is 5.92 Å². The third kappa shape index (κ3) is 1.50. The summed E-state index contributed by atoms with van der Waals surface area (Å²) in [7, 11) is 0. The first-order valence-corrected chi connectivity index (χ1v) is 4.59. The Kier molecular flexibility index (Phi) is 2.13. The van der Waals surface area contributed by atoms with Crippen molar-refractivity contribution in [2.75, 3.05) is 6.54 Å². The molecule has 2 rings (SSSR count). The molecule has 12 heavy (non-hydrogen) atoms. The predicted molar refractivity (Wildman–Crippen MR) is 47.7 cm³/mol. The average Bonchev–Trinajstić information content (AvgIpc) is 2.56. The van der Waals surface area contributed by atoms with E-state index in [2.05, 4.69) is 28.5 Å². The lowest BCUT2D eigenvalue weighted by Gasteiger charge is -2.27. The molecule has 0 bridgehead atoms. The van der Waals surface area contributed by atoms with Crippen molar-refractivity contribution in [1.29, 1.82) is 0 Å². The Hall–Kier alpha value is -0.830. The molecule has 66 valence electrons. The number of nitrogens with one attached hydrogen (secondary N) is 2. The van der Waals surface area contributed by atoms with Crippen LogP contribution in [0.25, 0.3) is 0 Å². The minimum atomic E-state index is 0.497. The van der Waals surface area contributed by atoms with E-state index >= 15 is 0 Å². The second-order valence-electron chi connectivity index (χ2n) is 3.65. The van der Waals surface area contributed by atoms with Crippen LogP contribution in [0.4, 0.5) is 0 Å². The molecule has 0 aliphatic carbocycles. The summed E-state index contributed by atoms with van der Waals surface area (Å²) in [6.45, 7) is 3.44. The molecule has 1 aromatic heterocycles. The van der Waals surface area contributed by atoms with Gasteiger partial charge in [-0.15, -0.1) is 0 Å². The van der Waals surface area contributed by atoms with Crippen LogP contribution in [0.3, 0.4) is 0 Å². The Morgan fingerprint density at radius 3 is 3.17 bits per heavy atom. The maximum Gasteiger partial charge on any atom is 0.0521 e. The SMILES string of the molecule is C[C@@H]1CCN[C@H](c2ccn[nH]2)C1. The van der Waals surface area contributed by atoms with Gasteiger partial charge in [0.2, 0.25) is 0 Å². The van der Waals surface area contributed by atoms with E-state index in [9.17, 15) is 0 Å². The standard InChI is InChI=1S/C9H15N3/c1-7-2-4-10-9(6-7)8-3-5-11-12-8/h3,5,7,9-10H,2,4,6H2,1H3,(H,11,12)/t7-,9+/m1/s1. The Morgan fingerprint density at radius 2 is 2.50 bits per heavy atom. The molecular weight excluding hydrogens is 150 g/mol. The normalized spacial score (nSPS) is 30.4. The lowest BCUT2D eigenvalue weighted by molar-refractivity contribution is 0.321. The Balaban J connectivity index is 2.04. The van der Waals surface area contributed by atoms with Crippen LogP contribution in [-0.4, -0.2) is 16.7 Å². The van der Waals surface area contributed by atoms with Gasteiger partial charge in [-0.1, -0.05) is 6.92 Å². The fourth-order valence-corrected chi connectivity index (χ4v) is 1.81. The van der Waals surface area contributed by atoms with Crippen LogP contribution in [-0.2, 0) is 0 Å². The van der Waals surface area contributed by atoms with Crippen molar-refractivity contribution in [1.82, 2.24) is 15.5 Å². The van der Waals surface area contributed by atoms with Gasteiger partial charge in [-0.25, -0.2) is 0 Å². The Labute approximate surface area is 72.6 Å². The molecule has 0 saturated carbocycles. The molecule has 2 N–H and O–H groups in total. The molecule has 2 heterocycles. The lowest BCUT2D eigenvalue weighted by Crippen LogP contribution is -2.30. The van der Waals surface area contributed by atoms with Crippen LogP contribution in [0.1, 0.15) is 31.5 Å². The fourth-order valence-electron chi connectivity index (χ4n) is 1.81. The van der Waals surface area contributed by atoms with Crippen LogP contribution < -0.4 is 5.32 Å². The fraction of sp³-hybridized carbons (Fsp3) is 0.667. The summed E-state index contributed by atoms with van der Waals surface area (Å²) in [6.07, 6.45) is 4.34. The summed E-state index contributed by atoms with van der Waals surface area (Å²) in [6, 6.07) is 2.55. The Bertz CT molecular complexity index is 230. The van der Waals surface area contributed by atoms with Crippen molar-refractivity contribution in [2.24, 2.45) is 5.92 Å². The van der Waals surface area contributed by atoms with Gasteiger partial charge in [0.25, 0.3) is 0 Å². The summed E-state index contributed by atoms with van der Waals surface area (Å²) in [5.41, 5.74) is 1.22. The summed E-state index contributed by atoms with van der Waals surface area (Å²) in [4.78, 5) is 0. The molecule has 1 saturated heterocycles. The largest absolute Gasteiger partial charge is 0.309 e. The van der Waals surface area contributed by atoms with Gasteiger partial charge >= 0.3 is 0 Å². The third-order valence-corrected chi connectivity index (χ3v) is 2.56. The van der Waals surface area contributed by atoms with Gasteiger partial charge in [-0.3, -0.25) is 5.10 Å². The first kappa shape index (κ1) is 7.80. The molecule has 0 radical (unpaired) electrons. The first-order valence-electron chi connectivity index (χ1n) is 4.59. The smallest absolute Gasteiger partial charge is 0.0521 e. The van der Waals surface area contributed by atoms with E-state index in [-0.39, 0.29) is 0 Å². The number of hydrogen-bond acceptors (Lipinski definition) is 2. The van der Waals surface area contributed by atoms with E-state index in [1.54, 1.807) is 0 Å². The number of piperidine rings is 1. The van der Waals surface area contributed by atoms with Crippen molar-refractivity contribution in [3.63, 3.8) is 0 Å². The molecule has 0 unspecified atom stereocenters. The summed E-state index contributed by atoms with van der Waals surface area (Å²) < 4.78 is 0. The molecule has 3 heteroatoms. The van der Waals surface area contributed by atoms with E-state index in [0.717, 1.165) is 12.5 Å². The zero-order chi connectivity index (χ0) is 8.39. The molecule has 1 fully saturated rings. The van der Waals surface area contributed by atoms with E-state index in [1.807, 2.05) is 6.20 Å². The Morgan fingerprint density at radius 1 is 1.58 bits per heavy atom. The summed E-state index contributed by atoms with van der Waals surface area (Å²) in [5, 5.41) is 10.5. The van der Waals surface area contributed by atoms with Crippen molar-refractivity contribution in [3.8, 4) is 0 Å². The highest BCUT2D eigenvalue weighted by Crippen LogP contribution is 2.24. The van der Waals surface area contributed by atoms with E-state index in [1.165, 1.54) is 18.5 Å².